The molecule has 214 valence electrons. The minimum atomic E-state index is -0.909. The summed E-state index contributed by atoms with van der Waals surface area (Å²) in [7, 11) is 0. The molecule has 0 spiro atoms. The molecule has 2 aromatic rings. The third kappa shape index (κ3) is 10.6. The van der Waals surface area contributed by atoms with Crippen molar-refractivity contribution in [3.05, 3.63) is 65.7 Å². The standard InChI is InChI=1S/C31H45N3O5/c1-9-34(10-2)28(36)25(32-27(35)26(30(3,4)5)33-29(37)39-31(6,7)8)20-22-16-18-24(19-17-22)38-21-23-14-12-11-13-15-23/h11-19,25-26H,9-10,20-21H2,1-8H3,(H,32,35)(H,33,37)/t25-,26+/m0/s1. The van der Waals surface area contributed by atoms with Gasteiger partial charge in [-0.1, -0.05) is 63.2 Å². The minimum Gasteiger partial charge on any atom is -0.489 e. The Bertz CT molecular complexity index is 1070. The first kappa shape index (κ1) is 31.7. The van der Waals surface area contributed by atoms with E-state index in [1.165, 1.54) is 0 Å². The van der Waals surface area contributed by atoms with E-state index in [0.29, 0.717) is 31.9 Å². The van der Waals surface area contributed by atoms with E-state index in [1.807, 2.05) is 89.2 Å². The molecule has 2 atom stereocenters. The highest BCUT2D eigenvalue weighted by Gasteiger charge is 2.36. The van der Waals surface area contributed by atoms with Gasteiger partial charge in [0.05, 0.1) is 0 Å². The SMILES string of the molecule is CCN(CC)C(=O)[C@H](Cc1ccc(OCc2ccccc2)cc1)NC(=O)[C@@H](NC(=O)OC(C)(C)C)C(C)(C)C. The second-order valence-corrected chi connectivity index (χ2v) is 11.6. The van der Waals surface area contributed by atoms with Crippen molar-refractivity contribution in [2.75, 3.05) is 13.1 Å². The summed E-state index contributed by atoms with van der Waals surface area (Å²) < 4.78 is 11.3. The summed E-state index contributed by atoms with van der Waals surface area (Å²) in [5.74, 6) is 0.0944. The van der Waals surface area contributed by atoms with E-state index in [4.69, 9.17) is 9.47 Å². The summed E-state index contributed by atoms with van der Waals surface area (Å²) in [6.45, 7) is 16.1. The molecule has 8 heteroatoms. The molecule has 0 aliphatic heterocycles. The Balaban J connectivity index is 2.19. The van der Waals surface area contributed by atoms with Crippen LogP contribution in [0.2, 0.25) is 0 Å². The summed E-state index contributed by atoms with van der Waals surface area (Å²) in [4.78, 5) is 41.1. The molecule has 2 aromatic carbocycles. The number of rotatable bonds is 11. The summed E-state index contributed by atoms with van der Waals surface area (Å²) >= 11 is 0. The third-order valence-corrected chi connectivity index (χ3v) is 6.09. The van der Waals surface area contributed by atoms with Crippen LogP contribution in [0.15, 0.2) is 54.6 Å². The number of ether oxygens (including phenoxy) is 2. The van der Waals surface area contributed by atoms with Crippen LogP contribution < -0.4 is 15.4 Å². The molecule has 0 heterocycles. The lowest BCUT2D eigenvalue weighted by atomic mass is 9.86. The molecule has 0 saturated heterocycles. The van der Waals surface area contributed by atoms with Crippen LogP contribution in [-0.4, -0.2) is 53.6 Å². The van der Waals surface area contributed by atoms with E-state index in [2.05, 4.69) is 10.6 Å². The molecule has 0 bridgehead atoms. The normalized spacial score (nSPS) is 13.1. The number of likely N-dealkylation sites (N-methyl/N-ethyl adjacent to an activating group) is 1. The van der Waals surface area contributed by atoms with Crippen LogP contribution in [0, 0.1) is 5.41 Å². The summed E-state index contributed by atoms with van der Waals surface area (Å²) in [6.07, 6.45) is -0.390. The molecule has 2 rings (SSSR count). The average Bonchev–Trinajstić information content (AvgIpc) is 2.86. The molecule has 2 N–H and O–H groups in total. The van der Waals surface area contributed by atoms with Crippen molar-refractivity contribution in [1.29, 1.82) is 0 Å². The smallest absolute Gasteiger partial charge is 0.408 e. The fourth-order valence-corrected chi connectivity index (χ4v) is 4.01. The van der Waals surface area contributed by atoms with Crippen LogP contribution in [-0.2, 0) is 27.4 Å². The predicted octanol–water partition coefficient (Wildman–Crippen LogP) is 5.10. The maximum absolute atomic E-state index is 13.5. The van der Waals surface area contributed by atoms with Gasteiger partial charge in [0, 0.05) is 19.5 Å². The number of amides is 3. The molecule has 0 radical (unpaired) electrons. The predicted molar refractivity (Wildman–Crippen MR) is 153 cm³/mol. The van der Waals surface area contributed by atoms with Gasteiger partial charge in [0.15, 0.2) is 0 Å². The zero-order valence-corrected chi connectivity index (χ0v) is 24.7. The Morgan fingerprint density at radius 3 is 1.92 bits per heavy atom. The number of nitrogens with one attached hydrogen (secondary N) is 2. The lowest BCUT2D eigenvalue weighted by Gasteiger charge is -2.33. The van der Waals surface area contributed by atoms with Crippen molar-refractivity contribution < 1.29 is 23.9 Å². The fraction of sp³-hybridized carbons (Fsp3) is 0.516. The molecule has 8 nitrogen and oxygen atoms in total. The first-order chi connectivity index (χ1) is 18.2. The van der Waals surface area contributed by atoms with Crippen LogP contribution in [0.3, 0.4) is 0 Å². The maximum atomic E-state index is 13.5. The Morgan fingerprint density at radius 1 is 0.821 bits per heavy atom. The maximum Gasteiger partial charge on any atom is 0.408 e. The Morgan fingerprint density at radius 2 is 1.41 bits per heavy atom. The third-order valence-electron chi connectivity index (χ3n) is 6.09. The zero-order valence-electron chi connectivity index (χ0n) is 24.7. The van der Waals surface area contributed by atoms with Crippen molar-refractivity contribution in [1.82, 2.24) is 15.5 Å². The highest BCUT2D eigenvalue weighted by molar-refractivity contribution is 5.92. The van der Waals surface area contributed by atoms with Crippen LogP contribution >= 0.6 is 0 Å². The van der Waals surface area contributed by atoms with Crippen molar-refractivity contribution in [3.8, 4) is 5.75 Å². The molecule has 0 aliphatic rings. The number of carbonyl (C=O) groups is 3. The van der Waals surface area contributed by atoms with Gasteiger partial charge in [0.2, 0.25) is 11.8 Å². The summed E-state index contributed by atoms with van der Waals surface area (Å²) in [6, 6.07) is 15.7. The Hall–Kier alpha value is -3.55. The lowest BCUT2D eigenvalue weighted by Crippen LogP contribution is -2.59. The van der Waals surface area contributed by atoms with Crippen molar-refractivity contribution in [3.63, 3.8) is 0 Å². The number of nitrogens with zero attached hydrogens (tertiary/aromatic N) is 1. The van der Waals surface area contributed by atoms with Crippen LogP contribution in [0.25, 0.3) is 0 Å². The number of alkyl carbamates (subject to hydrolysis) is 1. The number of hydrogen-bond acceptors (Lipinski definition) is 5. The van der Waals surface area contributed by atoms with Gasteiger partial charge in [-0.3, -0.25) is 9.59 Å². The van der Waals surface area contributed by atoms with Crippen LogP contribution in [0.5, 0.6) is 5.75 Å². The monoisotopic (exact) mass is 539 g/mol. The quantitative estimate of drug-likeness (QED) is 0.414. The van der Waals surface area contributed by atoms with Gasteiger partial charge in [-0.05, 0) is 63.3 Å². The Labute approximate surface area is 233 Å². The van der Waals surface area contributed by atoms with Gasteiger partial charge in [0.1, 0.15) is 30.0 Å². The summed E-state index contributed by atoms with van der Waals surface area (Å²) in [5.41, 5.74) is 0.616. The molecule has 39 heavy (non-hydrogen) atoms. The summed E-state index contributed by atoms with van der Waals surface area (Å²) in [5, 5.41) is 5.62. The highest BCUT2D eigenvalue weighted by Crippen LogP contribution is 2.21. The van der Waals surface area contributed by atoms with E-state index < -0.39 is 35.1 Å². The van der Waals surface area contributed by atoms with Gasteiger partial charge in [-0.25, -0.2) is 4.79 Å². The van der Waals surface area contributed by atoms with Crippen LogP contribution in [0.1, 0.15) is 66.5 Å². The number of benzene rings is 2. The topological polar surface area (TPSA) is 97.0 Å². The fourth-order valence-electron chi connectivity index (χ4n) is 4.01. The largest absolute Gasteiger partial charge is 0.489 e. The molecular formula is C31H45N3O5. The molecular weight excluding hydrogens is 494 g/mol. The van der Waals surface area contributed by atoms with Crippen molar-refractivity contribution in [2.45, 2.75) is 86.1 Å². The van der Waals surface area contributed by atoms with Crippen molar-refractivity contribution >= 4 is 17.9 Å². The lowest BCUT2D eigenvalue weighted by molar-refractivity contribution is -0.137. The van der Waals surface area contributed by atoms with E-state index in [9.17, 15) is 14.4 Å². The second-order valence-electron chi connectivity index (χ2n) is 11.6. The van der Waals surface area contributed by atoms with Gasteiger partial charge in [-0.15, -0.1) is 0 Å². The van der Waals surface area contributed by atoms with E-state index in [1.54, 1.807) is 25.7 Å². The first-order valence-electron chi connectivity index (χ1n) is 13.6. The molecule has 0 unspecified atom stereocenters. The Kier molecular flexibility index (Phi) is 11.4. The van der Waals surface area contributed by atoms with Gasteiger partial charge >= 0.3 is 6.09 Å². The molecule has 0 fully saturated rings. The minimum absolute atomic E-state index is 0.178. The van der Waals surface area contributed by atoms with E-state index in [0.717, 1.165) is 11.1 Å². The molecule has 0 aliphatic carbocycles. The van der Waals surface area contributed by atoms with Gasteiger partial charge in [-0.2, -0.15) is 0 Å². The molecule has 0 saturated carbocycles. The first-order valence-corrected chi connectivity index (χ1v) is 13.6. The number of carbonyl (C=O) groups excluding carboxylic acids is 3. The van der Waals surface area contributed by atoms with E-state index >= 15 is 0 Å². The molecule has 3 amide bonds. The highest BCUT2D eigenvalue weighted by atomic mass is 16.6. The number of hydrogen-bond donors (Lipinski definition) is 2. The van der Waals surface area contributed by atoms with Gasteiger partial charge < -0.3 is 25.0 Å². The van der Waals surface area contributed by atoms with Crippen molar-refractivity contribution in [2.24, 2.45) is 5.41 Å². The van der Waals surface area contributed by atoms with Crippen LogP contribution in [0.4, 0.5) is 4.79 Å². The van der Waals surface area contributed by atoms with E-state index in [-0.39, 0.29) is 5.91 Å². The van der Waals surface area contributed by atoms with Gasteiger partial charge in [0.25, 0.3) is 0 Å². The average molecular weight is 540 g/mol. The second kappa shape index (κ2) is 14.0. The zero-order chi connectivity index (χ0) is 29.2. The molecule has 0 aromatic heterocycles.